The van der Waals surface area contributed by atoms with E-state index < -0.39 is 11.9 Å². The molecule has 1 fully saturated rings. The van der Waals surface area contributed by atoms with Crippen molar-refractivity contribution in [3.8, 4) is 0 Å². The van der Waals surface area contributed by atoms with Crippen molar-refractivity contribution in [3.05, 3.63) is 23.2 Å². The molecule has 3 N–H and O–H groups in total. The number of hydrogen-bond donors (Lipinski definition) is 2. The molecule has 17 heavy (non-hydrogen) atoms. The van der Waals surface area contributed by atoms with Crippen LogP contribution >= 0.6 is 11.6 Å². The van der Waals surface area contributed by atoms with E-state index in [0.29, 0.717) is 16.4 Å². The Morgan fingerprint density at radius 2 is 2.24 bits per heavy atom. The van der Waals surface area contributed by atoms with E-state index in [0.717, 1.165) is 0 Å². The van der Waals surface area contributed by atoms with Crippen molar-refractivity contribution in [3.63, 3.8) is 0 Å². The van der Waals surface area contributed by atoms with Crippen LogP contribution < -0.4 is 10.6 Å². The van der Waals surface area contributed by atoms with Gasteiger partial charge in [-0.3, -0.25) is 9.59 Å². The van der Waals surface area contributed by atoms with Gasteiger partial charge in [-0.15, -0.1) is 0 Å². The quantitative estimate of drug-likeness (QED) is 0.781. The molecule has 5 nitrogen and oxygen atoms in total. The van der Waals surface area contributed by atoms with Crippen molar-refractivity contribution in [1.82, 2.24) is 0 Å². The molecule has 1 saturated heterocycles. The van der Waals surface area contributed by atoms with Gasteiger partial charge in [-0.25, -0.2) is 0 Å². The monoisotopic (exact) mass is 254 g/mol. The molecule has 0 radical (unpaired) electrons. The van der Waals surface area contributed by atoms with Crippen LogP contribution in [0.25, 0.3) is 0 Å². The lowest BCUT2D eigenvalue weighted by atomic mass is 10.1. The molecule has 0 bridgehead atoms. The van der Waals surface area contributed by atoms with Crippen LogP contribution in [0.1, 0.15) is 6.42 Å². The molecule has 0 saturated carbocycles. The van der Waals surface area contributed by atoms with E-state index in [4.69, 9.17) is 22.4 Å². The minimum absolute atomic E-state index is 0.00128. The average Bonchev–Trinajstić information content (AvgIpc) is 2.65. The first-order valence-corrected chi connectivity index (χ1v) is 5.45. The number of nitrogens with two attached hydrogens (primary N) is 1. The highest BCUT2D eigenvalue weighted by atomic mass is 35.5. The van der Waals surface area contributed by atoms with Crippen molar-refractivity contribution in [2.75, 3.05) is 17.2 Å². The largest absolute Gasteiger partial charge is 0.481 e. The molecular weight excluding hydrogens is 244 g/mol. The first kappa shape index (κ1) is 11.7. The third-order valence-electron chi connectivity index (χ3n) is 2.79. The van der Waals surface area contributed by atoms with E-state index in [1.807, 2.05) is 0 Å². The Balaban J connectivity index is 2.32. The molecule has 1 amide bonds. The summed E-state index contributed by atoms with van der Waals surface area (Å²) < 4.78 is 0. The number of aliphatic carboxylic acids is 1. The van der Waals surface area contributed by atoms with Gasteiger partial charge in [0.25, 0.3) is 0 Å². The number of amides is 1. The molecule has 0 spiro atoms. The zero-order valence-corrected chi connectivity index (χ0v) is 9.65. The lowest BCUT2D eigenvalue weighted by Gasteiger charge is -2.18. The summed E-state index contributed by atoms with van der Waals surface area (Å²) in [6.45, 7) is 0.138. The normalized spacial score (nSPS) is 19.7. The minimum atomic E-state index is -0.971. The summed E-state index contributed by atoms with van der Waals surface area (Å²) >= 11 is 5.86. The Morgan fingerprint density at radius 3 is 2.82 bits per heavy atom. The molecule has 90 valence electrons. The molecule has 1 aromatic carbocycles. The van der Waals surface area contributed by atoms with Gasteiger partial charge < -0.3 is 15.7 Å². The van der Waals surface area contributed by atoms with Crippen LogP contribution in [0.2, 0.25) is 5.02 Å². The van der Waals surface area contributed by atoms with E-state index in [9.17, 15) is 9.59 Å². The Hall–Kier alpha value is -1.75. The summed E-state index contributed by atoms with van der Waals surface area (Å²) in [5.41, 5.74) is 6.55. The van der Waals surface area contributed by atoms with Gasteiger partial charge in [-0.2, -0.15) is 0 Å². The van der Waals surface area contributed by atoms with E-state index in [-0.39, 0.29) is 18.9 Å². The average molecular weight is 255 g/mol. The second kappa shape index (κ2) is 4.25. The number of nitrogens with zero attached hydrogens (tertiary/aromatic N) is 1. The maximum absolute atomic E-state index is 11.7. The van der Waals surface area contributed by atoms with Gasteiger partial charge in [0.05, 0.1) is 22.3 Å². The molecular formula is C11H11ClN2O3. The van der Waals surface area contributed by atoms with Crippen molar-refractivity contribution >= 4 is 34.9 Å². The summed E-state index contributed by atoms with van der Waals surface area (Å²) in [4.78, 5) is 23.9. The number of anilines is 2. The third-order valence-corrected chi connectivity index (χ3v) is 3.12. The standard InChI is InChI=1S/C11H11ClN2O3/c12-7-2-1-3-8(10(7)13)14-5-6(11(16)17)4-9(14)15/h1-3,6H,4-5,13H2,(H,16,17). The van der Waals surface area contributed by atoms with Crippen LogP contribution in [0.15, 0.2) is 18.2 Å². The van der Waals surface area contributed by atoms with Crippen molar-refractivity contribution in [2.24, 2.45) is 5.92 Å². The summed E-state index contributed by atoms with van der Waals surface area (Å²) in [7, 11) is 0. The Bertz CT molecular complexity index is 490. The number of carboxylic acids is 1. The molecule has 1 aromatic rings. The number of hydrogen-bond acceptors (Lipinski definition) is 3. The number of rotatable bonds is 2. The fourth-order valence-electron chi connectivity index (χ4n) is 1.87. The Morgan fingerprint density at radius 1 is 1.53 bits per heavy atom. The highest BCUT2D eigenvalue weighted by Crippen LogP contribution is 2.33. The molecule has 6 heteroatoms. The molecule has 1 heterocycles. The molecule has 1 unspecified atom stereocenters. The summed E-state index contributed by atoms with van der Waals surface area (Å²) in [6, 6.07) is 4.95. The summed E-state index contributed by atoms with van der Waals surface area (Å²) in [6.07, 6.45) is 0.00128. The van der Waals surface area contributed by atoms with Gasteiger partial charge in [0, 0.05) is 13.0 Å². The zero-order valence-electron chi connectivity index (χ0n) is 8.89. The second-order valence-electron chi connectivity index (χ2n) is 3.92. The van der Waals surface area contributed by atoms with Crippen LogP contribution in [0.5, 0.6) is 0 Å². The van der Waals surface area contributed by atoms with Crippen LogP contribution in [0.3, 0.4) is 0 Å². The minimum Gasteiger partial charge on any atom is -0.481 e. The topological polar surface area (TPSA) is 83.6 Å². The van der Waals surface area contributed by atoms with E-state index in [2.05, 4.69) is 0 Å². The van der Waals surface area contributed by atoms with Crippen molar-refractivity contribution in [2.45, 2.75) is 6.42 Å². The van der Waals surface area contributed by atoms with E-state index >= 15 is 0 Å². The molecule has 1 aliphatic heterocycles. The Kier molecular flexibility index (Phi) is 2.93. The highest BCUT2D eigenvalue weighted by molar-refractivity contribution is 6.34. The molecule has 1 aliphatic rings. The first-order chi connectivity index (χ1) is 8.00. The SMILES string of the molecule is Nc1c(Cl)cccc1N1CC(C(=O)O)CC1=O. The van der Waals surface area contributed by atoms with Gasteiger partial charge >= 0.3 is 5.97 Å². The third kappa shape index (κ3) is 2.06. The molecule has 1 atom stereocenters. The number of carbonyl (C=O) groups is 2. The van der Waals surface area contributed by atoms with E-state index in [1.54, 1.807) is 18.2 Å². The number of halogens is 1. The van der Waals surface area contributed by atoms with Crippen LogP contribution in [0, 0.1) is 5.92 Å². The van der Waals surface area contributed by atoms with Gasteiger partial charge in [0.2, 0.25) is 5.91 Å². The fourth-order valence-corrected chi connectivity index (χ4v) is 2.04. The number of benzene rings is 1. The lowest BCUT2D eigenvalue weighted by Crippen LogP contribution is -2.26. The first-order valence-electron chi connectivity index (χ1n) is 5.08. The van der Waals surface area contributed by atoms with Crippen LogP contribution in [-0.2, 0) is 9.59 Å². The predicted molar refractivity (Wildman–Crippen MR) is 64.0 cm³/mol. The maximum atomic E-state index is 11.7. The summed E-state index contributed by atoms with van der Waals surface area (Å²) in [5.74, 6) is -1.89. The number of carboxylic acid groups (broad SMARTS) is 1. The predicted octanol–water partition coefficient (Wildman–Crippen LogP) is 1.36. The zero-order chi connectivity index (χ0) is 12.6. The number of carbonyl (C=O) groups excluding carboxylic acids is 1. The van der Waals surface area contributed by atoms with Crippen molar-refractivity contribution < 1.29 is 14.7 Å². The molecule has 0 aliphatic carbocycles. The second-order valence-corrected chi connectivity index (χ2v) is 4.32. The van der Waals surface area contributed by atoms with Gasteiger partial charge in [0.1, 0.15) is 0 Å². The smallest absolute Gasteiger partial charge is 0.308 e. The van der Waals surface area contributed by atoms with Gasteiger partial charge in [-0.1, -0.05) is 17.7 Å². The van der Waals surface area contributed by atoms with Gasteiger partial charge in [-0.05, 0) is 12.1 Å². The van der Waals surface area contributed by atoms with Crippen LogP contribution in [-0.4, -0.2) is 23.5 Å². The number of para-hydroxylation sites is 1. The fraction of sp³-hybridized carbons (Fsp3) is 0.273. The molecule has 2 rings (SSSR count). The summed E-state index contributed by atoms with van der Waals surface area (Å²) in [5, 5.41) is 9.24. The van der Waals surface area contributed by atoms with Crippen LogP contribution in [0.4, 0.5) is 11.4 Å². The maximum Gasteiger partial charge on any atom is 0.308 e. The van der Waals surface area contributed by atoms with Crippen molar-refractivity contribution in [1.29, 1.82) is 0 Å². The Labute approximate surface area is 103 Å². The van der Waals surface area contributed by atoms with E-state index in [1.165, 1.54) is 4.90 Å². The molecule has 0 aromatic heterocycles. The van der Waals surface area contributed by atoms with Gasteiger partial charge in [0.15, 0.2) is 0 Å². The number of nitrogen functional groups attached to an aromatic ring is 1. The highest BCUT2D eigenvalue weighted by Gasteiger charge is 2.35. The lowest BCUT2D eigenvalue weighted by molar-refractivity contribution is -0.141.